The number of carbonyl (C=O) groups excluding carboxylic acids is 2. The van der Waals surface area contributed by atoms with Crippen LogP contribution in [0, 0.1) is 5.92 Å². The van der Waals surface area contributed by atoms with Gasteiger partial charge in [0.05, 0.1) is 12.0 Å². The fraction of sp³-hybridized carbons (Fsp3) is 0.818. The molecule has 0 aliphatic carbocycles. The second kappa shape index (κ2) is 5.14. The molecule has 0 aromatic heterocycles. The lowest BCUT2D eigenvalue weighted by molar-refractivity contribution is -0.183. The normalized spacial score (nSPS) is 11.7. The van der Waals surface area contributed by atoms with Crippen molar-refractivity contribution in [3.05, 3.63) is 0 Å². The van der Waals surface area contributed by atoms with E-state index in [1.807, 2.05) is 0 Å². The highest BCUT2D eigenvalue weighted by Crippen LogP contribution is 2.15. The molecule has 88 valence electrons. The summed E-state index contributed by atoms with van der Waals surface area (Å²) in [4.78, 5) is 22.9. The third-order valence-corrected chi connectivity index (χ3v) is 1.66. The first-order valence-electron chi connectivity index (χ1n) is 5.10. The Hall–Kier alpha value is -1.06. The molecule has 0 saturated heterocycles. The van der Waals surface area contributed by atoms with E-state index in [0.717, 1.165) is 0 Å². The van der Waals surface area contributed by atoms with Crippen molar-refractivity contribution in [3.63, 3.8) is 0 Å². The summed E-state index contributed by atoms with van der Waals surface area (Å²) in [7, 11) is 0. The average Bonchev–Trinajstić information content (AvgIpc) is 2.01. The summed E-state index contributed by atoms with van der Waals surface area (Å²) in [6.45, 7) is 9.98. The molecule has 0 aliphatic heterocycles. The Kier molecular flexibility index (Phi) is 4.78. The van der Waals surface area contributed by atoms with Gasteiger partial charge in [0.25, 0.3) is 0 Å². The van der Waals surface area contributed by atoms with Crippen LogP contribution in [0.25, 0.3) is 0 Å². The molecule has 0 radical (unpaired) electrons. The maximum Gasteiger partial charge on any atom is 0.350 e. The smallest absolute Gasteiger partial charge is 0.350 e. The largest absolute Gasteiger partial charge is 0.460 e. The monoisotopic (exact) mass is 216 g/mol. The minimum absolute atomic E-state index is 0.213. The summed E-state index contributed by atoms with van der Waals surface area (Å²) >= 11 is 0. The molecule has 4 heteroatoms. The molecule has 0 aromatic carbocycles. The van der Waals surface area contributed by atoms with Crippen LogP contribution in [0.1, 0.15) is 41.5 Å². The van der Waals surface area contributed by atoms with Crippen LogP contribution in [0.2, 0.25) is 0 Å². The molecule has 0 unspecified atom stereocenters. The van der Waals surface area contributed by atoms with E-state index in [0.29, 0.717) is 0 Å². The molecule has 0 heterocycles. The second-order valence-electron chi connectivity index (χ2n) is 4.54. The van der Waals surface area contributed by atoms with E-state index in [1.54, 1.807) is 27.7 Å². The van der Waals surface area contributed by atoms with Crippen LogP contribution in [0.15, 0.2) is 0 Å². The fourth-order valence-corrected chi connectivity index (χ4v) is 0.767. The maximum atomic E-state index is 11.5. The molecule has 0 saturated carbocycles. The molecule has 0 bridgehead atoms. The topological polar surface area (TPSA) is 52.6 Å². The minimum atomic E-state index is -1.22. The first kappa shape index (κ1) is 13.9. The van der Waals surface area contributed by atoms with Crippen molar-refractivity contribution in [3.8, 4) is 0 Å². The van der Waals surface area contributed by atoms with Gasteiger partial charge in [-0.1, -0.05) is 13.8 Å². The van der Waals surface area contributed by atoms with E-state index in [9.17, 15) is 9.59 Å². The van der Waals surface area contributed by atoms with Gasteiger partial charge in [-0.05, 0) is 27.7 Å². The summed E-state index contributed by atoms with van der Waals surface area (Å²) < 4.78 is 10.0. The van der Waals surface area contributed by atoms with Gasteiger partial charge in [0.1, 0.15) is 0 Å². The molecule has 0 aliphatic rings. The first-order valence-corrected chi connectivity index (χ1v) is 5.10. The second-order valence-corrected chi connectivity index (χ2v) is 4.54. The Morgan fingerprint density at radius 1 is 1.07 bits per heavy atom. The van der Waals surface area contributed by atoms with Gasteiger partial charge in [0.2, 0.25) is 5.60 Å². The first-order chi connectivity index (χ1) is 6.66. The summed E-state index contributed by atoms with van der Waals surface area (Å²) in [5.41, 5.74) is -1.22. The Morgan fingerprint density at radius 2 is 1.53 bits per heavy atom. The minimum Gasteiger partial charge on any atom is -0.460 e. The molecule has 0 atom stereocenters. The highest BCUT2D eigenvalue weighted by Gasteiger charge is 2.34. The van der Waals surface area contributed by atoms with E-state index >= 15 is 0 Å². The molecule has 4 nitrogen and oxygen atoms in total. The van der Waals surface area contributed by atoms with Gasteiger partial charge in [0.15, 0.2) is 0 Å². The summed E-state index contributed by atoms with van der Waals surface area (Å²) in [5.74, 6) is -1.18. The van der Waals surface area contributed by atoms with Crippen molar-refractivity contribution >= 4 is 11.9 Å². The molecule has 0 N–H and O–H groups in total. The zero-order valence-electron chi connectivity index (χ0n) is 10.3. The summed E-state index contributed by atoms with van der Waals surface area (Å²) in [5, 5.41) is 0. The van der Waals surface area contributed by atoms with Crippen LogP contribution < -0.4 is 0 Å². The molecule has 0 fully saturated rings. The number of rotatable bonds is 4. The van der Waals surface area contributed by atoms with Gasteiger partial charge in [-0.2, -0.15) is 0 Å². The van der Waals surface area contributed by atoms with Crippen LogP contribution in [0.3, 0.4) is 0 Å². The molecule has 0 rings (SSSR count). The lowest BCUT2D eigenvalue weighted by Crippen LogP contribution is -2.40. The maximum absolute atomic E-state index is 11.5. The van der Waals surface area contributed by atoms with Crippen LogP contribution >= 0.6 is 0 Å². The van der Waals surface area contributed by atoms with Crippen molar-refractivity contribution in [1.29, 1.82) is 0 Å². The third kappa shape index (κ3) is 4.81. The van der Waals surface area contributed by atoms with E-state index < -0.39 is 17.5 Å². The molecular formula is C11H20O4. The number of ether oxygens (including phenoxy) is 2. The quantitative estimate of drug-likeness (QED) is 0.674. The van der Waals surface area contributed by atoms with E-state index in [2.05, 4.69) is 0 Å². The van der Waals surface area contributed by atoms with Gasteiger partial charge in [-0.15, -0.1) is 0 Å². The van der Waals surface area contributed by atoms with Gasteiger partial charge < -0.3 is 9.47 Å². The SMILES string of the molecule is CC(C)OC(=O)C(C)(C)OC(=O)C(C)C. The Balaban J connectivity index is 4.41. The zero-order valence-corrected chi connectivity index (χ0v) is 10.3. The molecule has 0 amide bonds. The van der Waals surface area contributed by atoms with Crippen molar-refractivity contribution in [2.24, 2.45) is 5.92 Å². The predicted octanol–water partition coefficient (Wildman–Crippen LogP) is 1.92. The van der Waals surface area contributed by atoms with E-state index in [1.165, 1.54) is 13.8 Å². The highest BCUT2D eigenvalue weighted by molar-refractivity contribution is 5.83. The van der Waals surface area contributed by atoms with Crippen LogP contribution in [0.4, 0.5) is 0 Å². The van der Waals surface area contributed by atoms with Crippen molar-refractivity contribution in [1.82, 2.24) is 0 Å². The van der Waals surface area contributed by atoms with Crippen molar-refractivity contribution in [2.75, 3.05) is 0 Å². The number of carbonyl (C=O) groups is 2. The van der Waals surface area contributed by atoms with Crippen LogP contribution in [-0.2, 0) is 19.1 Å². The lowest BCUT2D eigenvalue weighted by atomic mass is 10.1. The van der Waals surface area contributed by atoms with Gasteiger partial charge >= 0.3 is 11.9 Å². The van der Waals surface area contributed by atoms with Crippen LogP contribution in [0.5, 0.6) is 0 Å². The fourth-order valence-electron chi connectivity index (χ4n) is 0.767. The van der Waals surface area contributed by atoms with Crippen LogP contribution in [-0.4, -0.2) is 23.6 Å². The predicted molar refractivity (Wildman–Crippen MR) is 56.2 cm³/mol. The van der Waals surface area contributed by atoms with Gasteiger partial charge in [-0.3, -0.25) is 4.79 Å². The van der Waals surface area contributed by atoms with Gasteiger partial charge in [0, 0.05) is 0 Å². The van der Waals surface area contributed by atoms with Crippen molar-refractivity contribution < 1.29 is 19.1 Å². The molecule has 0 spiro atoms. The zero-order chi connectivity index (χ0) is 12.2. The summed E-state index contributed by atoms with van der Waals surface area (Å²) in [6, 6.07) is 0. The number of hydrogen-bond donors (Lipinski definition) is 0. The number of esters is 2. The van der Waals surface area contributed by atoms with Crippen molar-refractivity contribution in [2.45, 2.75) is 53.2 Å². The highest BCUT2D eigenvalue weighted by atomic mass is 16.6. The molecule has 15 heavy (non-hydrogen) atoms. The standard InChI is InChI=1S/C11H20O4/c1-7(2)9(12)15-11(5,6)10(13)14-8(3)4/h7-8H,1-6H3. The number of hydrogen-bond acceptors (Lipinski definition) is 4. The Morgan fingerprint density at radius 3 is 1.87 bits per heavy atom. The average molecular weight is 216 g/mol. The van der Waals surface area contributed by atoms with Gasteiger partial charge in [-0.25, -0.2) is 4.79 Å². The van der Waals surface area contributed by atoms with E-state index in [-0.39, 0.29) is 12.0 Å². The molecule has 0 aromatic rings. The lowest BCUT2D eigenvalue weighted by Gasteiger charge is -2.25. The Labute approximate surface area is 90.9 Å². The summed E-state index contributed by atoms with van der Waals surface area (Å²) in [6.07, 6.45) is -0.213. The Bertz CT molecular complexity index is 241. The van der Waals surface area contributed by atoms with E-state index in [4.69, 9.17) is 9.47 Å². The third-order valence-electron chi connectivity index (χ3n) is 1.66. The molecular weight excluding hydrogens is 196 g/mol.